The molecule has 58 valence electrons. The van der Waals surface area contributed by atoms with E-state index < -0.39 is 0 Å². The molecule has 1 amide bonds. The van der Waals surface area contributed by atoms with E-state index in [0.29, 0.717) is 9.47 Å². The molecule has 1 heterocycles. The highest BCUT2D eigenvalue weighted by molar-refractivity contribution is 7.19. The van der Waals surface area contributed by atoms with Crippen LogP contribution in [0.2, 0.25) is 4.34 Å². The second-order valence-electron chi connectivity index (χ2n) is 1.66. The number of hydrogen-bond acceptors (Lipinski definition) is 3. The Morgan fingerprint density at radius 1 is 1.91 bits per heavy atom. The van der Waals surface area contributed by atoms with E-state index >= 15 is 0 Å². The molecule has 0 aliphatic rings. The van der Waals surface area contributed by atoms with Crippen LogP contribution in [-0.2, 0) is 4.79 Å². The Kier molecular flexibility index (Phi) is 2.62. The van der Waals surface area contributed by atoms with Gasteiger partial charge in [-0.1, -0.05) is 29.5 Å². The van der Waals surface area contributed by atoms with Gasteiger partial charge >= 0.3 is 0 Å². The molecule has 11 heavy (non-hydrogen) atoms. The number of amides is 1. The molecule has 0 saturated heterocycles. The van der Waals surface area contributed by atoms with E-state index in [1.807, 2.05) is 0 Å². The van der Waals surface area contributed by atoms with Crippen LogP contribution in [0, 0.1) is 0 Å². The maximum Gasteiger partial charge on any atom is 0.249 e. The van der Waals surface area contributed by atoms with Crippen LogP contribution < -0.4 is 5.32 Å². The third kappa shape index (κ3) is 2.32. The summed E-state index contributed by atoms with van der Waals surface area (Å²) in [5.74, 6) is -0.281. The van der Waals surface area contributed by atoms with Gasteiger partial charge in [0.2, 0.25) is 5.91 Å². The van der Waals surface area contributed by atoms with Gasteiger partial charge in [0, 0.05) is 0 Å². The molecule has 0 fully saturated rings. The fraction of sp³-hybridized carbons (Fsp3) is 0. The first kappa shape index (κ1) is 8.23. The predicted octanol–water partition coefficient (Wildman–Crippen LogP) is 1.92. The molecule has 0 aromatic carbocycles. The van der Waals surface area contributed by atoms with Crippen molar-refractivity contribution in [3.63, 3.8) is 0 Å². The van der Waals surface area contributed by atoms with Crippen LogP contribution in [-0.4, -0.2) is 10.9 Å². The highest BCUT2D eigenvalue weighted by Gasteiger charge is 2.00. The van der Waals surface area contributed by atoms with Gasteiger partial charge in [-0.05, 0) is 6.08 Å². The SMILES string of the molecule is C=CC(=O)Nc1ncc(Cl)s1. The highest BCUT2D eigenvalue weighted by atomic mass is 35.5. The Hall–Kier alpha value is -0.870. The van der Waals surface area contributed by atoms with Crippen LogP contribution in [0.15, 0.2) is 18.9 Å². The number of aromatic nitrogens is 1. The van der Waals surface area contributed by atoms with Gasteiger partial charge in [-0.2, -0.15) is 0 Å². The molecule has 1 N–H and O–H groups in total. The molecule has 0 unspecified atom stereocenters. The molecule has 0 aliphatic carbocycles. The van der Waals surface area contributed by atoms with Crippen molar-refractivity contribution in [2.45, 2.75) is 0 Å². The minimum Gasteiger partial charge on any atom is -0.298 e. The summed E-state index contributed by atoms with van der Waals surface area (Å²) in [5.41, 5.74) is 0. The quantitative estimate of drug-likeness (QED) is 0.721. The monoisotopic (exact) mass is 188 g/mol. The number of carbonyl (C=O) groups excluding carboxylic acids is 1. The van der Waals surface area contributed by atoms with Crippen molar-refractivity contribution in [3.05, 3.63) is 23.2 Å². The third-order valence-corrected chi connectivity index (χ3v) is 1.92. The number of halogens is 1. The molecule has 0 aliphatic heterocycles. The second kappa shape index (κ2) is 3.50. The summed E-state index contributed by atoms with van der Waals surface area (Å²) in [6.07, 6.45) is 2.65. The lowest BCUT2D eigenvalue weighted by Gasteiger charge is -1.92. The van der Waals surface area contributed by atoms with Crippen molar-refractivity contribution in [3.8, 4) is 0 Å². The molecule has 0 saturated carbocycles. The first-order valence-electron chi connectivity index (χ1n) is 2.77. The van der Waals surface area contributed by atoms with Crippen LogP contribution >= 0.6 is 22.9 Å². The summed E-state index contributed by atoms with van der Waals surface area (Å²) in [7, 11) is 0. The first-order valence-corrected chi connectivity index (χ1v) is 3.96. The van der Waals surface area contributed by atoms with Crippen LogP contribution in [0.3, 0.4) is 0 Å². The largest absolute Gasteiger partial charge is 0.298 e. The number of anilines is 1. The van der Waals surface area contributed by atoms with Gasteiger partial charge in [0.25, 0.3) is 0 Å². The van der Waals surface area contributed by atoms with Crippen molar-refractivity contribution >= 4 is 34.0 Å². The van der Waals surface area contributed by atoms with E-state index in [-0.39, 0.29) is 5.91 Å². The van der Waals surface area contributed by atoms with E-state index in [2.05, 4.69) is 16.9 Å². The van der Waals surface area contributed by atoms with Crippen LogP contribution in [0.4, 0.5) is 5.13 Å². The summed E-state index contributed by atoms with van der Waals surface area (Å²) in [6, 6.07) is 0. The summed E-state index contributed by atoms with van der Waals surface area (Å²) in [6.45, 7) is 3.30. The summed E-state index contributed by atoms with van der Waals surface area (Å²) >= 11 is 6.77. The first-order chi connectivity index (χ1) is 5.22. The molecular formula is C6H5ClN2OS. The minimum absolute atomic E-state index is 0.281. The highest BCUT2D eigenvalue weighted by Crippen LogP contribution is 2.22. The Labute approximate surface area is 72.7 Å². The number of hydrogen-bond donors (Lipinski definition) is 1. The Morgan fingerprint density at radius 3 is 3.09 bits per heavy atom. The number of rotatable bonds is 2. The minimum atomic E-state index is -0.281. The average molecular weight is 189 g/mol. The van der Waals surface area contributed by atoms with Crippen molar-refractivity contribution < 1.29 is 4.79 Å². The van der Waals surface area contributed by atoms with Gasteiger partial charge in [0.05, 0.1) is 6.20 Å². The number of carbonyl (C=O) groups is 1. The smallest absolute Gasteiger partial charge is 0.249 e. The van der Waals surface area contributed by atoms with E-state index in [9.17, 15) is 4.79 Å². The summed E-state index contributed by atoms with van der Waals surface area (Å²) in [4.78, 5) is 14.5. The molecular weight excluding hydrogens is 184 g/mol. The number of nitrogens with one attached hydrogen (secondary N) is 1. The van der Waals surface area contributed by atoms with Crippen LogP contribution in [0.5, 0.6) is 0 Å². The second-order valence-corrected chi connectivity index (χ2v) is 3.32. The van der Waals surface area contributed by atoms with Crippen molar-refractivity contribution in [2.75, 3.05) is 5.32 Å². The number of thiazole rings is 1. The molecule has 0 atom stereocenters. The maximum absolute atomic E-state index is 10.7. The van der Waals surface area contributed by atoms with Crippen molar-refractivity contribution in [2.24, 2.45) is 0 Å². The lowest BCUT2D eigenvalue weighted by Crippen LogP contribution is -2.06. The molecule has 0 radical (unpaired) electrons. The van der Waals surface area contributed by atoms with Gasteiger partial charge in [-0.15, -0.1) is 0 Å². The van der Waals surface area contributed by atoms with E-state index in [0.717, 1.165) is 0 Å². The normalized spacial score (nSPS) is 9.18. The van der Waals surface area contributed by atoms with Crippen LogP contribution in [0.25, 0.3) is 0 Å². The standard InChI is InChI=1S/C6H5ClN2OS/c1-2-5(10)9-6-8-3-4(7)11-6/h2-3H,1H2,(H,8,9,10). The lowest BCUT2D eigenvalue weighted by atomic mass is 10.6. The van der Waals surface area contributed by atoms with E-state index in [1.54, 1.807) is 0 Å². The summed E-state index contributed by atoms with van der Waals surface area (Å²) in [5, 5.41) is 2.96. The van der Waals surface area contributed by atoms with E-state index in [4.69, 9.17) is 11.6 Å². The lowest BCUT2D eigenvalue weighted by molar-refractivity contribution is -0.111. The summed E-state index contributed by atoms with van der Waals surface area (Å²) < 4.78 is 0.546. The van der Waals surface area contributed by atoms with Gasteiger partial charge in [-0.25, -0.2) is 4.98 Å². The molecule has 0 bridgehead atoms. The Bertz CT molecular complexity index is 284. The maximum atomic E-state index is 10.7. The molecule has 1 aromatic rings. The zero-order valence-corrected chi connectivity index (χ0v) is 7.08. The number of nitrogens with zero attached hydrogens (tertiary/aromatic N) is 1. The van der Waals surface area contributed by atoms with Crippen molar-refractivity contribution in [1.82, 2.24) is 4.98 Å². The van der Waals surface area contributed by atoms with E-state index in [1.165, 1.54) is 23.6 Å². The average Bonchev–Trinajstić information content (AvgIpc) is 2.35. The molecule has 1 rings (SSSR count). The van der Waals surface area contributed by atoms with Crippen LogP contribution in [0.1, 0.15) is 0 Å². The zero-order chi connectivity index (χ0) is 8.27. The van der Waals surface area contributed by atoms with Gasteiger partial charge in [0.15, 0.2) is 5.13 Å². The third-order valence-electron chi connectivity index (χ3n) is 0.893. The van der Waals surface area contributed by atoms with Gasteiger partial charge < -0.3 is 0 Å². The molecule has 5 heteroatoms. The zero-order valence-electron chi connectivity index (χ0n) is 5.50. The van der Waals surface area contributed by atoms with Gasteiger partial charge in [0.1, 0.15) is 4.34 Å². The predicted molar refractivity (Wildman–Crippen MR) is 46.0 cm³/mol. The van der Waals surface area contributed by atoms with Gasteiger partial charge in [-0.3, -0.25) is 10.1 Å². The molecule has 0 spiro atoms. The van der Waals surface area contributed by atoms with Crippen molar-refractivity contribution in [1.29, 1.82) is 0 Å². The molecule has 1 aromatic heterocycles. The molecule has 3 nitrogen and oxygen atoms in total. The fourth-order valence-corrected chi connectivity index (χ4v) is 1.28. The fourth-order valence-electron chi connectivity index (χ4n) is 0.469. The Morgan fingerprint density at radius 2 is 2.64 bits per heavy atom. The topological polar surface area (TPSA) is 42.0 Å². The Balaban J connectivity index is 2.64.